The molecule has 0 spiro atoms. The first-order valence-electron chi connectivity index (χ1n) is 2.58. The maximum atomic E-state index is 4.86. The van der Waals surface area contributed by atoms with Crippen LogP contribution in [-0.2, 0) is 0 Å². The minimum atomic E-state index is 0.560. The van der Waals surface area contributed by atoms with Gasteiger partial charge in [0, 0.05) is 18.6 Å². The Morgan fingerprint density at radius 1 is 1.89 bits per heavy atom. The zero-order valence-corrected chi connectivity index (χ0v) is 5.24. The highest BCUT2D eigenvalue weighted by Crippen LogP contribution is 2.04. The fraction of sp³-hybridized carbons (Fsp3) is 0.167. The van der Waals surface area contributed by atoms with Crippen LogP contribution in [0.25, 0.3) is 6.20 Å². The third-order valence-electron chi connectivity index (χ3n) is 1.01. The van der Waals surface area contributed by atoms with Crippen molar-refractivity contribution in [2.45, 2.75) is 0 Å². The first-order valence-corrected chi connectivity index (χ1v) is 2.58. The minimum Gasteiger partial charge on any atom is -0.468 e. The molecule has 9 heavy (non-hydrogen) atoms. The molecule has 1 aromatic rings. The molecule has 0 atom stereocenters. The van der Waals surface area contributed by atoms with Crippen LogP contribution in [0.3, 0.4) is 0 Å². The zero-order chi connectivity index (χ0) is 6.69. The van der Waals surface area contributed by atoms with Gasteiger partial charge in [-0.1, -0.05) is 6.58 Å². The highest BCUT2D eigenvalue weighted by atomic mass is 16.5. The van der Waals surface area contributed by atoms with Crippen molar-refractivity contribution in [2.24, 2.45) is 0 Å². The molecule has 1 rings (SSSR count). The van der Waals surface area contributed by atoms with Crippen molar-refractivity contribution in [3.05, 3.63) is 19.0 Å². The molecule has 0 amide bonds. The van der Waals surface area contributed by atoms with E-state index in [9.17, 15) is 0 Å². The first-order chi connectivity index (χ1) is 4.38. The van der Waals surface area contributed by atoms with Crippen molar-refractivity contribution >= 4 is 6.20 Å². The Morgan fingerprint density at radius 2 is 2.67 bits per heavy atom. The molecule has 0 fully saturated rings. The molecule has 0 aliphatic rings. The van der Waals surface area contributed by atoms with Gasteiger partial charge in [0.05, 0.1) is 7.11 Å². The molecule has 0 unspecified atom stereocenters. The second-order valence-corrected chi connectivity index (χ2v) is 1.50. The summed E-state index contributed by atoms with van der Waals surface area (Å²) in [5, 5.41) is 0. The molecule has 0 saturated heterocycles. The van der Waals surface area contributed by atoms with Gasteiger partial charge in [-0.05, 0) is 0 Å². The molecule has 0 aliphatic carbocycles. The lowest BCUT2D eigenvalue weighted by Crippen LogP contribution is -1.90. The molecule has 0 radical (unpaired) electrons. The van der Waals surface area contributed by atoms with Gasteiger partial charge in [-0.2, -0.15) is 0 Å². The number of hydrogen-bond acceptors (Lipinski definition) is 2. The van der Waals surface area contributed by atoms with E-state index >= 15 is 0 Å². The summed E-state index contributed by atoms with van der Waals surface area (Å²) < 4.78 is 6.55. The van der Waals surface area contributed by atoms with Gasteiger partial charge in [0.25, 0.3) is 6.01 Å². The van der Waals surface area contributed by atoms with Crippen molar-refractivity contribution in [3.8, 4) is 6.01 Å². The van der Waals surface area contributed by atoms with Crippen LogP contribution in [-0.4, -0.2) is 16.7 Å². The summed E-state index contributed by atoms with van der Waals surface area (Å²) in [5.41, 5.74) is 0. The maximum absolute atomic E-state index is 4.86. The molecule has 1 heterocycles. The first kappa shape index (κ1) is 5.88. The summed E-state index contributed by atoms with van der Waals surface area (Å²) in [5.74, 6) is 0. The fourth-order valence-electron chi connectivity index (χ4n) is 0.596. The number of rotatable bonds is 2. The maximum Gasteiger partial charge on any atom is 0.300 e. The molecular formula is C6H8N2O. The number of imidazole rings is 1. The average Bonchev–Trinajstić information content (AvgIpc) is 2.33. The van der Waals surface area contributed by atoms with E-state index in [0.717, 1.165) is 0 Å². The Hall–Kier alpha value is -1.25. The molecule has 0 N–H and O–H groups in total. The quantitative estimate of drug-likeness (QED) is 0.588. The third-order valence-corrected chi connectivity index (χ3v) is 1.01. The van der Waals surface area contributed by atoms with Gasteiger partial charge < -0.3 is 4.74 Å². The summed E-state index contributed by atoms with van der Waals surface area (Å²) in [6, 6.07) is 0.560. The van der Waals surface area contributed by atoms with Gasteiger partial charge in [-0.25, -0.2) is 4.98 Å². The zero-order valence-electron chi connectivity index (χ0n) is 5.24. The van der Waals surface area contributed by atoms with Gasteiger partial charge in [0.1, 0.15) is 0 Å². The van der Waals surface area contributed by atoms with Crippen molar-refractivity contribution in [2.75, 3.05) is 7.11 Å². The molecular weight excluding hydrogens is 116 g/mol. The summed E-state index contributed by atoms with van der Waals surface area (Å²) in [4.78, 5) is 3.88. The number of nitrogens with zero attached hydrogens (tertiary/aromatic N) is 2. The van der Waals surface area contributed by atoms with Crippen LogP contribution in [0.15, 0.2) is 19.0 Å². The van der Waals surface area contributed by atoms with Gasteiger partial charge in [-0.3, -0.25) is 4.57 Å². The monoisotopic (exact) mass is 124 g/mol. The topological polar surface area (TPSA) is 27.1 Å². The molecule has 0 bridgehead atoms. The second kappa shape index (κ2) is 2.35. The van der Waals surface area contributed by atoms with Gasteiger partial charge in [-0.15, -0.1) is 0 Å². The number of hydrogen-bond donors (Lipinski definition) is 0. The summed E-state index contributed by atoms with van der Waals surface area (Å²) in [6.45, 7) is 3.55. The summed E-state index contributed by atoms with van der Waals surface area (Å²) >= 11 is 0. The van der Waals surface area contributed by atoms with Crippen molar-refractivity contribution in [1.82, 2.24) is 9.55 Å². The summed E-state index contributed by atoms with van der Waals surface area (Å²) in [6.07, 6.45) is 5.05. The molecule has 3 heteroatoms. The Kier molecular flexibility index (Phi) is 1.53. The number of methoxy groups -OCH3 is 1. The van der Waals surface area contributed by atoms with Crippen LogP contribution in [0.1, 0.15) is 0 Å². The van der Waals surface area contributed by atoms with E-state index in [1.165, 1.54) is 0 Å². The smallest absolute Gasteiger partial charge is 0.300 e. The van der Waals surface area contributed by atoms with Gasteiger partial charge >= 0.3 is 0 Å². The molecule has 0 aliphatic heterocycles. The predicted molar refractivity (Wildman–Crippen MR) is 35.2 cm³/mol. The van der Waals surface area contributed by atoms with E-state index in [4.69, 9.17) is 4.74 Å². The number of ether oxygens (including phenoxy) is 1. The Morgan fingerprint density at radius 3 is 3.11 bits per heavy atom. The van der Waals surface area contributed by atoms with Crippen molar-refractivity contribution in [3.63, 3.8) is 0 Å². The molecule has 1 aromatic heterocycles. The van der Waals surface area contributed by atoms with E-state index in [0.29, 0.717) is 6.01 Å². The Bertz CT molecular complexity index is 205. The van der Waals surface area contributed by atoms with Gasteiger partial charge in [0.15, 0.2) is 0 Å². The third kappa shape index (κ3) is 0.937. The molecule has 48 valence electrons. The van der Waals surface area contributed by atoms with Crippen LogP contribution in [0.4, 0.5) is 0 Å². The molecule has 3 nitrogen and oxygen atoms in total. The van der Waals surface area contributed by atoms with E-state index in [1.807, 2.05) is 0 Å². The Balaban J connectivity index is 2.98. The second-order valence-electron chi connectivity index (χ2n) is 1.50. The van der Waals surface area contributed by atoms with E-state index in [1.54, 1.807) is 30.3 Å². The van der Waals surface area contributed by atoms with Crippen LogP contribution < -0.4 is 4.74 Å². The lowest BCUT2D eigenvalue weighted by atomic mass is 10.8. The molecule has 0 saturated carbocycles. The fourth-order valence-corrected chi connectivity index (χ4v) is 0.596. The average molecular weight is 124 g/mol. The standard InChI is InChI=1S/C6H8N2O/c1-3-8-5-4-7-6(8)9-2/h3-5H,1H2,2H3. The van der Waals surface area contributed by atoms with E-state index in [-0.39, 0.29) is 0 Å². The highest BCUT2D eigenvalue weighted by Gasteiger charge is 1.94. The van der Waals surface area contributed by atoms with Gasteiger partial charge in [0.2, 0.25) is 0 Å². The van der Waals surface area contributed by atoms with Crippen LogP contribution in [0.2, 0.25) is 0 Å². The number of aromatic nitrogens is 2. The minimum absolute atomic E-state index is 0.560. The van der Waals surface area contributed by atoms with Crippen molar-refractivity contribution in [1.29, 1.82) is 0 Å². The Labute approximate surface area is 53.6 Å². The van der Waals surface area contributed by atoms with E-state index < -0.39 is 0 Å². The van der Waals surface area contributed by atoms with Crippen LogP contribution in [0, 0.1) is 0 Å². The van der Waals surface area contributed by atoms with Crippen LogP contribution in [0.5, 0.6) is 6.01 Å². The lowest BCUT2D eigenvalue weighted by molar-refractivity contribution is 0.376. The van der Waals surface area contributed by atoms with Crippen molar-refractivity contribution < 1.29 is 4.74 Å². The normalized spacial score (nSPS) is 9.00. The predicted octanol–water partition coefficient (Wildman–Crippen LogP) is 0.992. The largest absolute Gasteiger partial charge is 0.468 e. The molecule has 0 aromatic carbocycles. The van der Waals surface area contributed by atoms with Crippen LogP contribution >= 0.6 is 0 Å². The SMILES string of the molecule is C=Cn1ccnc1OC. The summed E-state index contributed by atoms with van der Waals surface area (Å²) in [7, 11) is 1.57. The van der Waals surface area contributed by atoms with E-state index in [2.05, 4.69) is 11.6 Å². The highest BCUT2D eigenvalue weighted by molar-refractivity contribution is 5.22. The lowest BCUT2D eigenvalue weighted by Gasteiger charge is -1.96.